The number of sulfonamides is 1. The van der Waals surface area contributed by atoms with E-state index in [4.69, 9.17) is 0 Å². The van der Waals surface area contributed by atoms with Gasteiger partial charge in [-0.25, -0.2) is 24.0 Å². The molecule has 3 N–H and O–H groups in total. The number of hydrogen-bond acceptors (Lipinski definition) is 7. The summed E-state index contributed by atoms with van der Waals surface area (Å²) in [6.45, 7) is 5.39. The third kappa shape index (κ3) is 3.55. The van der Waals surface area contributed by atoms with E-state index in [2.05, 4.69) is 15.6 Å². The number of Topliss-reactive ketones (excluding diaryl/α,β-unsaturated/α-hetero) is 1. The molecular weight excluding hydrogens is 388 g/mol. The highest BCUT2D eigenvalue weighted by atomic mass is 32.2. The minimum absolute atomic E-state index is 0.101. The first-order valence-electron chi connectivity index (χ1n) is 9.63. The number of carbonyl (C=O) groups excluding carboxylic acids is 2. The monoisotopic (exact) mass is 416 g/mol. The van der Waals surface area contributed by atoms with Gasteiger partial charge >= 0.3 is 0 Å². The minimum Gasteiger partial charge on any atom is -0.313 e. The molecule has 0 bridgehead atoms. The molecule has 0 aromatic heterocycles. The molecule has 8 nitrogen and oxygen atoms in total. The number of amides is 1. The molecule has 0 aromatic rings. The summed E-state index contributed by atoms with van der Waals surface area (Å²) in [6.07, 6.45) is 3.21. The number of likely N-dealkylation sites (tertiary alicyclic amines) is 1. The summed E-state index contributed by atoms with van der Waals surface area (Å²) in [6, 6.07) is -0.231. The van der Waals surface area contributed by atoms with Gasteiger partial charge in [-0.1, -0.05) is 0 Å². The lowest BCUT2D eigenvalue weighted by atomic mass is 9.78. The zero-order valence-electron chi connectivity index (χ0n) is 15.9. The van der Waals surface area contributed by atoms with E-state index in [9.17, 15) is 18.0 Å². The molecule has 4 rings (SSSR count). The van der Waals surface area contributed by atoms with E-state index in [1.807, 2.05) is 13.8 Å². The van der Waals surface area contributed by atoms with Crippen molar-refractivity contribution in [2.75, 3.05) is 0 Å². The van der Waals surface area contributed by atoms with Crippen LogP contribution >= 0.6 is 11.8 Å². The zero-order chi connectivity index (χ0) is 19.6. The SMILES string of the molecule is CC(=O)C1C(=O)N(C2NNC(C)S2)C2CC(S(=O)(=O)NC3(C)CC3)CCC12. The van der Waals surface area contributed by atoms with Crippen LogP contribution < -0.4 is 15.6 Å². The summed E-state index contributed by atoms with van der Waals surface area (Å²) >= 11 is 1.57. The largest absolute Gasteiger partial charge is 0.313 e. The van der Waals surface area contributed by atoms with Gasteiger partial charge in [0.2, 0.25) is 15.9 Å². The number of hydrogen-bond donors (Lipinski definition) is 3. The van der Waals surface area contributed by atoms with Gasteiger partial charge in [-0.2, -0.15) is 0 Å². The van der Waals surface area contributed by atoms with E-state index >= 15 is 0 Å². The predicted molar refractivity (Wildman–Crippen MR) is 103 cm³/mol. The van der Waals surface area contributed by atoms with Crippen molar-refractivity contribution in [3.05, 3.63) is 0 Å². The molecule has 4 aliphatic rings. The van der Waals surface area contributed by atoms with Crippen molar-refractivity contribution in [3.63, 3.8) is 0 Å². The van der Waals surface area contributed by atoms with Crippen molar-refractivity contribution in [2.24, 2.45) is 11.8 Å². The first-order chi connectivity index (χ1) is 12.6. The molecule has 2 aliphatic heterocycles. The van der Waals surface area contributed by atoms with E-state index in [0.29, 0.717) is 19.3 Å². The van der Waals surface area contributed by atoms with Crippen molar-refractivity contribution in [1.82, 2.24) is 20.5 Å². The Labute approximate surface area is 164 Å². The number of hydrazine groups is 1. The quantitative estimate of drug-likeness (QED) is 0.561. The number of nitrogens with one attached hydrogen (secondary N) is 3. The minimum atomic E-state index is -3.45. The third-order valence-corrected chi connectivity index (χ3v) is 9.60. The zero-order valence-corrected chi connectivity index (χ0v) is 17.5. The molecule has 27 heavy (non-hydrogen) atoms. The standard InChI is InChI=1S/C17H28N4O4S2/c1-9(22)14-12-5-4-11(27(24,25)20-17(3)6-7-17)8-13(12)21(15(14)23)16-19-18-10(2)26-16/h10-14,16,18-20H,4-8H2,1-3H3. The van der Waals surface area contributed by atoms with Gasteiger partial charge in [0.1, 0.15) is 17.2 Å². The second-order valence-corrected chi connectivity index (χ2v) is 12.0. The summed E-state index contributed by atoms with van der Waals surface area (Å²) in [7, 11) is -3.45. The fourth-order valence-electron chi connectivity index (χ4n) is 4.70. The highest BCUT2D eigenvalue weighted by Crippen LogP contribution is 2.46. The molecule has 1 amide bonds. The molecule has 2 heterocycles. The Bertz CT molecular complexity index is 754. The van der Waals surface area contributed by atoms with Crippen LogP contribution in [0.4, 0.5) is 0 Å². The van der Waals surface area contributed by atoms with Crippen molar-refractivity contribution in [3.8, 4) is 0 Å². The van der Waals surface area contributed by atoms with Gasteiger partial charge in [-0.3, -0.25) is 9.59 Å². The third-order valence-electron chi connectivity index (χ3n) is 6.39. The second kappa shape index (κ2) is 6.69. The van der Waals surface area contributed by atoms with Crippen LogP contribution in [0.1, 0.15) is 52.9 Å². The molecule has 6 unspecified atom stereocenters. The number of ketones is 1. The van der Waals surface area contributed by atoms with Crippen LogP contribution in [-0.4, -0.2) is 52.7 Å². The smallest absolute Gasteiger partial charge is 0.235 e. The highest BCUT2D eigenvalue weighted by Gasteiger charge is 2.56. The first kappa shape index (κ1) is 19.6. The molecule has 152 valence electrons. The van der Waals surface area contributed by atoms with Gasteiger partial charge in [0, 0.05) is 11.6 Å². The van der Waals surface area contributed by atoms with Gasteiger partial charge < -0.3 is 4.90 Å². The average Bonchev–Trinajstić information content (AvgIpc) is 3.00. The van der Waals surface area contributed by atoms with Crippen LogP contribution in [0.2, 0.25) is 0 Å². The maximum absolute atomic E-state index is 13.1. The number of carbonyl (C=O) groups is 2. The van der Waals surface area contributed by atoms with Gasteiger partial charge in [-0.05, 0) is 58.8 Å². The van der Waals surface area contributed by atoms with Gasteiger partial charge in [0.05, 0.1) is 10.6 Å². The lowest BCUT2D eigenvalue weighted by molar-refractivity contribution is -0.137. The molecule has 0 spiro atoms. The lowest BCUT2D eigenvalue weighted by Gasteiger charge is -2.38. The van der Waals surface area contributed by atoms with E-state index in [0.717, 1.165) is 12.8 Å². The fraction of sp³-hybridized carbons (Fsp3) is 0.882. The van der Waals surface area contributed by atoms with Crippen molar-refractivity contribution in [1.29, 1.82) is 0 Å². The Morgan fingerprint density at radius 1 is 1.30 bits per heavy atom. The summed E-state index contributed by atoms with van der Waals surface area (Å²) < 4.78 is 28.6. The van der Waals surface area contributed by atoms with Crippen molar-refractivity contribution < 1.29 is 18.0 Å². The maximum atomic E-state index is 13.1. The molecule has 2 saturated heterocycles. The Morgan fingerprint density at radius 2 is 2.00 bits per heavy atom. The van der Waals surface area contributed by atoms with E-state index in [1.54, 1.807) is 16.7 Å². The van der Waals surface area contributed by atoms with Crippen LogP contribution in [0, 0.1) is 11.8 Å². The fourth-order valence-corrected chi connectivity index (χ4v) is 7.70. The number of nitrogens with zero attached hydrogens (tertiary/aromatic N) is 1. The van der Waals surface area contributed by atoms with Crippen molar-refractivity contribution in [2.45, 2.75) is 80.6 Å². The Kier molecular flexibility index (Phi) is 4.86. The molecule has 6 atom stereocenters. The van der Waals surface area contributed by atoms with Crippen LogP contribution in [0.25, 0.3) is 0 Å². The predicted octanol–water partition coefficient (Wildman–Crippen LogP) is 0.514. The van der Waals surface area contributed by atoms with E-state index in [-0.39, 0.29) is 40.1 Å². The molecule has 0 aromatic carbocycles. The van der Waals surface area contributed by atoms with Crippen LogP contribution in [0.5, 0.6) is 0 Å². The van der Waals surface area contributed by atoms with E-state index in [1.165, 1.54) is 6.92 Å². The number of rotatable bonds is 5. The number of thioether (sulfide) groups is 1. The first-order valence-corrected chi connectivity index (χ1v) is 12.1. The normalized spacial score (nSPS) is 40.9. The van der Waals surface area contributed by atoms with E-state index < -0.39 is 21.2 Å². The number of fused-ring (bicyclic) bond motifs is 1. The summed E-state index contributed by atoms with van der Waals surface area (Å²) in [5.74, 6) is -1.04. The van der Waals surface area contributed by atoms with Gasteiger partial charge in [-0.15, -0.1) is 11.8 Å². The summed E-state index contributed by atoms with van der Waals surface area (Å²) in [4.78, 5) is 27.0. The Hall–Kier alpha value is -0.680. The molecule has 4 fully saturated rings. The summed E-state index contributed by atoms with van der Waals surface area (Å²) in [5.41, 5.74) is 5.63. The summed E-state index contributed by atoms with van der Waals surface area (Å²) in [5, 5.41) is -0.383. The van der Waals surface area contributed by atoms with Gasteiger partial charge in [0.25, 0.3) is 0 Å². The molecule has 0 radical (unpaired) electrons. The van der Waals surface area contributed by atoms with Crippen LogP contribution in [0.15, 0.2) is 0 Å². The Balaban J connectivity index is 1.58. The lowest BCUT2D eigenvalue weighted by Crippen LogP contribution is -2.52. The topological polar surface area (TPSA) is 108 Å². The highest BCUT2D eigenvalue weighted by molar-refractivity contribution is 8.00. The molecular formula is C17H28N4O4S2. The van der Waals surface area contributed by atoms with Gasteiger partial charge in [0.15, 0.2) is 0 Å². The average molecular weight is 417 g/mol. The second-order valence-electron chi connectivity index (χ2n) is 8.63. The van der Waals surface area contributed by atoms with Crippen LogP contribution in [-0.2, 0) is 19.6 Å². The molecule has 10 heteroatoms. The molecule has 2 saturated carbocycles. The molecule has 2 aliphatic carbocycles. The maximum Gasteiger partial charge on any atom is 0.235 e. The Morgan fingerprint density at radius 3 is 2.56 bits per heavy atom. The van der Waals surface area contributed by atoms with Crippen molar-refractivity contribution >= 4 is 33.5 Å². The van der Waals surface area contributed by atoms with Crippen LogP contribution in [0.3, 0.4) is 0 Å².